The van der Waals surface area contributed by atoms with Crippen LogP contribution in [0, 0.1) is 0 Å². The summed E-state index contributed by atoms with van der Waals surface area (Å²) in [5.74, 6) is 0.454. The van der Waals surface area contributed by atoms with Gasteiger partial charge in [-0.1, -0.05) is 23.2 Å². The monoisotopic (exact) mass is 327 g/mol. The molecule has 0 atom stereocenters. The van der Waals surface area contributed by atoms with E-state index >= 15 is 0 Å². The van der Waals surface area contributed by atoms with Crippen LogP contribution in [-0.4, -0.2) is 46.5 Å². The molecule has 0 unspecified atom stereocenters. The number of aliphatic hydroxyl groups is 2. The van der Waals surface area contributed by atoms with Gasteiger partial charge >= 0.3 is 0 Å². The Balaban J connectivity index is 2.25. The third-order valence-corrected chi connectivity index (χ3v) is 3.28. The lowest BCUT2D eigenvalue weighted by Crippen LogP contribution is -2.29. The Bertz CT molecular complexity index is 567. The largest absolute Gasteiger partial charge is 0.395 e. The van der Waals surface area contributed by atoms with Crippen LogP contribution in [0.3, 0.4) is 0 Å². The van der Waals surface area contributed by atoms with Crippen molar-refractivity contribution in [2.45, 2.75) is 0 Å². The van der Waals surface area contributed by atoms with Crippen molar-refractivity contribution in [2.24, 2.45) is 0 Å². The van der Waals surface area contributed by atoms with E-state index in [1.165, 1.54) is 6.07 Å². The second-order valence-electron chi connectivity index (χ2n) is 4.32. The minimum atomic E-state index is 0.0226. The summed E-state index contributed by atoms with van der Waals surface area (Å²) in [6.07, 6.45) is 0. The lowest BCUT2D eigenvalue weighted by Gasteiger charge is -2.23. The number of rotatable bonds is 6. The predicted molar refractivity (Wildman–Crippen MR) is 83.9 cm³/mol. The molecule has 0 aliphatic carbocycles. The Hall–Kier alpha value is -1.40. The highest BCUT2D eigenvalue weighted by Crippen LogP contribution is 2.23. The molecule has 0 aliphatic heterocycles. The minimum absolute atomic E-state index is 0.0226. The fourth-order valence-corrected chi connectivity index (χ4v) is 2.37. The zero-order chi connectivity index (χ0) is 15.2. The summed E-state index contributed by atoms with van der Waals surface area (Å²) < 4.78 is 0. The molecule has 0 radical (unpaired) electrons. The Labute approximate surface area is 132 Å². The van der Waals surface area contributed by atoms with Gasteiger partial charge in [0.2, 0.25) is 0 Å². The quantitative estimate of drug-likeness (QED) is 0.796. The standard InChI is InChI=1S/C14H15Cl2N3O2/c15-12-9-13(16)18-14(17-12)10-1-3-11(4-2-10)19(5-7-20)6-8-21/h1-4,9,20-21H,5-8H2. The van der Waals surface area contributed by atoms with Crippen LogP contribution in [0.1, 0.15) is 0 Å². The molecule has 0 amide bonds. The summed E-state index contributed by atoms with van der Waals surface area (Å²) in [7, 11) is 0. The first kappa shape index (κ1) is 16.0. The van der Waals surface area contributed by atoms with E-state index in [1.807, 2.05) is 29.2 Å². The summed E-state index contributed by atoms with van der Waals surface area (Å²) in [5.41, 5.74) is 1.69. The Morgan fingerprint density at radius 1 is 0.905 bits per heavy atom. The molecule has 0 spiro atoms. The number of aliphatic hydroxyl groups excluding tert-OH is 2. The van der Waals surface area contributed by atoms with Crippen LogP contribution in [0.15, 0.2) is 30.3 Å². The van der Waals surface area contributed by atoms with Crippen LogP contribution in [-0.2, 0) is 0 Å². The zero-order valence-electron chi connectivity index (χ0n) is 11.2. The van der Waals surface area contributed by atoms with Crippen molar-refractivity contribution >= 4 is 28.9 Å². The van der Waals surface area contributed by atoms with E-state index in [1.54, 1.807) is 0 Å². The molecule has 1 heterocycles. The molecule has 7 heteroatoms. The smallest absolute Gasteiger partial charge is 0.162 e. The number of hydrogen-bond acceptors (Lipinski definition) is 5. The molecule has 0 saturated heterocycles. The lowest BCUT2D eigenvalue weighted by atomic mass is 10.2. The van der Waals surface area contributed by atoms with E-state index in [2.05, 4.69) is 9.97 Å². The van der Waals surface area contributed by atoms with Crippen molar-refractivity contribution in [1.82, 2.24) is 9.97 Å². The number of benzene rings is 1. The van der Waals surface area contributed by atoms with Gasteiger partial charge in [0.05, 0.1) is 13.2 Å². The zero-order valence-corrected chi connectivity index (χ0v) is 12.7. The Kier molecular flexibility index (Phi) is 5.76. The van der Waals surface area contributed by atoms with Gasteiger partial charge in [-0.3, -0.25) is 0 Å². The minimum Gasteiger partial charge on any atom is -0.395 e. The van der Waals surface area contributed by atoms with Gasteiger partial charge in [-0.15, -0.1) is 0 Å². The van der Waals surface area contributed by atoms with Crippen molar-refractivity contribution in [1.29, 1.82) is 0 Å². The highest BCUT2D eigenvalue weighted by molar-refractivity contribution is 6.33. The first-order valence-corrected chi connectivity index (χ1v) is 7.17. The summed E-state index contributed by atoms with van der Waals surface area (Å²) >= 11 is 11.7. The number of anilines is 1. The van der Waals surface area contributed by atoms with E-state index in [4.69, 9.17) is 33.4 Å². The molecular weight excluding hydrogens is 313 g/mol. The van der Waals surface area contributed by atoms with E-state index in [0.29, 0.717) is 18.9 Å². The summed E-state index contributed by atoms with van der Waals surface area (Å²) in [4.78, 5) is 10.1. The molecule has 1 aromatic heterocycles. The second kappa shape index (κ2) is 7.56. The Morgan fingerprint density at radius 3 is 1.90 bits per heavy atom. The van der Waals surface area contributed by atoms with E-state index in [9.17, 15) is 0 Å². The number of halogens is 2. The summed E-state index contributed by atoms with van der Waals surface area (Å²) in [6, 6.07) is 8.92. The molecule has 5 nitrogen and oxygen atoms in total. The van der Waals surface area contributed by atoms with Gasteiger partial charge in [0, 0.05) is 30.4 Å². The molecule has 0 bridgehead atoms. The Morgan fingerprint density at radius 2 is 1.43 bits per heavy atom. The molecule has 0 aliphatic rings. The van der Waals surface area contributed by atoms with Crippen molar-refractivity contribution in [3.05, 3.63) is 40.6 Å². The van der Waals surface area contributed by atoms with Gasteiger partial charge in [0.25, 0.3) is 0 Å². The van der Waals surface area contributed by atoms with Gasteiger partial charge in [-0.05, 0) is 24.3 Å². The number of aromatic nitrogens is 2. The number of hydrogen-bond donors (Lipinski definition) is 2. The lowest BCUT2D eigenvalue weighted by molar-refractivity contribution is 0.281. The first-order chi connectivity index (χ1) is 10.1. The fourth-order valence-electron chi connectivity index (χ4n) is 1.95. The topological polar surface area (TPSA) is 69.5 Å². The molecule has 21 heavy (non-hydrogen) atoms. The molecule has 112 valence electrons. The van der Waals surface area contributed by atoms with Crippen molar-refractivity contribution in [3.8, 4) is 11.4 Å². The maximum atomic E-state index is 9.05. The maximum Gasteiger partial charge on any atom is 0.162 e. The van der Waals surface area contributed by atoms with Crippen molar-refractivity contribution < 1.29 is 10.2 Å². The predicted octanol–water partition coefficient (Wildman–Crippen LogP) is 2.24. The van der Waals surface area contributed by atoms with E-state index in [-0.39, 0.29) is 23.5 Å². The van der Waals surface area contributed by atoms with E-state index in [0.717, 1.165) is 11.3 Å². The van der Waals surface area contributed by atoms with Gasteiger partial charge in [-0.25, -0.2) is 9.97 Å². The molecule has 0 fully saturated rings. The van der Waals surface area contributed by atoms with Crippen molar-refractivity contribution in [2.75, 3.05) is 31.2 Å². The van der Waals surface area contributed by atoms with Crippen LogP contribution in [0.5, 0.6) is 0 Å². The average molecular weight is 328 g/mol. The van der Waals surface area contributed by atoms with Gasteiger partial charge in [-0.2, -0.15) is 0 Å². The van der Waals surface area contributed by atoms with Crippen LogP contribution in [0.4, 0.5) is 5.69 Å². The highest BCUT2D eigenvalue weighted by Gasteiger charge is 2.08. The van der Waals surface area contributed by atoms with Crippen LogP contribution < -0.4 is 4.90 Å². The molecule has 0 saturated carbocycles. The molecule has 2 rings (SSSR count). The third kappa shape index (κ3) is 4.28. The van der Waals surface area contributed by atoms with Crippen LogP contribution in [0.2, 0.25) is 10.3 Å². The fraction of sp³-hybridized carbons (Fsp3) is 0.286. The highest BCUT2D eigenvalue weighted by atomic mass is 35.5. The average Bonchev–Trinajstić information content (AvgIpc) is 2.46. The van der Waals surface area contributed by atoms with Gasteiger partial charge in [0.15, 0.2) is 5.82 Å². The SMILES string of the molecule is OCCN(CCO)c1ccc(-c2nc(Cl)cc(Cl)n2)cc1. The first-order valence-electron chi connectivity index (χ1n) is 6.41. The van der Waals surface area contributed by atoms with E-state index < -0.39 is 0 Å². The molecule has 2 aromatic rings. The van der Waals surface area contributed by atoms with Crippen LogP contribution in [0.25, 0.3) is 11.4 Å². The van der Waals surface area contributed by atoms with Gasteiger partial charge in [0.1, 0.15) is 10.3 Å². The van der Waals surface area contributed by atoms with Crippen molar-refractivity contribution in [3.63, 3.8) is 0 Å². The maximum absolute atomic E-state index is 9.05. The molecule has 1 aromatic carbocycles. The molecular formula is C14H15Cl2N3O2. The summed E-state index contributed by atoms with van der Waals surface area (Å²) in [5, 5.41) is 18.7. The third-order valence-electron chi connectivity index (χ3n) is 2.89. The second-order valence-corrected chi connectivity index (χ2v) is 5.09. The normalized spacial score (nSPS) is 10.7. The van der Waals surface area contributed by atoms with Gasteiger partial charge < -0.3 is 15.1 Å². The molecule has 2 N–H and O–H groups in total. The van der Waals surface area contributed by atoms with Crippen LogP contribution >= 0.6 is 23.2 Å². The summed E-state index contributed by atoms with van der Waals surface area (Å²) in [6.45, 7) is 0.961. The number of nitrogens with zero attached hydrogens (tertiary/aromatic N) is 3.